The summed E-state index contributed by atoms with van der Waals surface area (Å²) in [5, 5.41) is 7.20. The van der Waals surface area contributed by atoms with Crippen molar-refractivity contribution in [1.82, 2.24) is 15.1 Å². The molecule has 1 amide bonds. The van der Waals surface area contributed by atoms with Crippen LogP contribution in [-0.2, 0) is 18.4 Å². The minimum absolute atomic E-state index is 0.0913. The summed E-state index contributed by atoms with van der Waals surface area (Å²) in [5.41, 5.74) is 8.93. The van der Waals surface area contributed by atoms with E-state index < -0.39 is 6.04 Å². The van der Waals surface area contributed by atoms with Gasteiger partial charge in [-0.2, -0.15) is 5.10 Å². The van der Waals surface area contributed by atoms with E-state index in [1.807, 2.05) is 25.6 Å². The third-order valence-corrected chi connectivity index (χ3v) is 3.16. The lowest BCUT2D eigenvalue weighted by molar-refractivity contribution is -0.122. The number of aromatic nitrogens is 2. The molecule has 0 aliphatic carbocycles. The molecule has 0 saturated carbocycles. The number of hydrogen-bond acceptors (Lipinski definition) is 3. The average molecular weight is 252 g/mol. The number of nitrogens with two attached hydrogens (primary N) is 1. The normalized spacial score (nSPS) is 12.8. The Balaban J connectivity index is 2.57. The molecule has 18 heavy (non-hydrogen) atoms. The first kappa shape index (κ1) is 14.7. The van der Waals surface area contributed by atoms with Crippen LogP contribution in [0.2, 0.25) is 0 Å². The summed E-state index contributed by atoms with van der Waals surface area (Å²) in [6, 6.07) is -0.428. The molecule has 0 bridgehead atoms. The maximum absolute atomic E-state index is 11.8. The van der Waals surface area contributed by atoms with Gasteiger partial charge < -0.3 is 11.1 Å². The quantitative estimate of drug-likeness (QED) is 0.822. The number of amides is 1. The van der Waals surface area contributed by atoms with Crippen LogP contribution in [0.3, 0.4) is 0 Å². The lowest BCUT2D eigenvalue weighted by atomic mass is 10.0. The summed E-state index contributed by atoms with van der Waals surface area (Å²) in [6.45, 7) is 8.55. The Morgan fingerprint density at radius 2 is 2.06 bits per heavy atom. The van der Waals surface area contributed by atoms with Gasteiger partial charge in [-0.1, -0.05) is 13.8 Å². The molecule has 1 atom stereocenters. The maximum Gasteiger partial charge on any atom is 0.237 e. The Labute approximate surface area is 109 Å². The molecule has 1 heterocycles. The highest BCUT2D eigenvalue weighted by Gasteiger charge is 2.16. The van der Waals surface area contributed by atoms with Gasteiger partial charge in [0.25, 0.3) is 0 Å². The zero-order chi connectivity index (χ0) is 13.9. The van der Waals surface area contributed by atoms with Gasteiger partial charge in [0.1, 0.15) is 0 Å². The first-order valence-corrected chi connectivity index (χ1v) is 6.35. The molecule has 1 aromatic rings. The largest absolute Gasteiger partial charge is 0.351 e. The predicted molar refractivity (Wildman–Crippen MR) is 72.0 cm³/mol. The zero-order valence-corrected chi connectivity index (χ0v) is 11.9. The van der Waals surface area contributed by atoms with E-state index >= 15 is 0 Å². The van der Waals surface area contributed by atoms with Crippen molar-refractivity contribution in [3.05, 3.63) is 17.0 Å². The number of nitrogens with one attached hydrogen (secondary N) is 1. The van der Waals surface area contributed by atoms with Crippen LogP contribution < -0.4 is 11.1 Å². The third-order valence-electron chi connectivity index (χ3n) is 3.16. The zero-order valence-electron chi connectivity index (χ0n) is 11.9. The lowest BCUT2D eigenvalue weighted by Gasteiger charge is -2.14. The molecule has 0 aliphatic rings. The van der Waals surface area contributed by atoms with Gasteiger partial charge in [-0.05, 0) is 26.2 Å². The third kappa shape index (κ3) is 3.57. The Kier molecular flexibility index (Phi) is 4.90. The van der Waals surface area contributed by atoms with Gasteiger partial charge in [0.2, 0.25) is 5.91 Å². The lowest BCUT2D eigenvalue weighted by Crippen LogP contribution is -2.41. The Bertz CT molecular complexity index is 423. The highest BCUT2D eigenvalue weighted by atomic mass is 16.2. The molecule has 5 heteroatoms. The summed E-state index contributed by atoms with van der Waals surface area (Å²) in [7, 11) is 1.90. The molecule has 5 nitrogen and oxygen atoms in total. The number of carbonyl (C=O) groups is 1. The van der Waals surface area contributed by atoms with Gasteiger partial charge in [0, 0.05) is 24.8 Å². The standard InChI is InChI=1S/C13H24N4O/c1-8(2)6-12(14)13(18)15-7-11-9(3)16-17(5)10(11)4/h8,12H,6-7,14H2,1-5H3,(H,15,18)/t12-/m1/s1. The molecule has 0 aromatic carbocycles. The summed E-state index contributed by atoms with van der Waals surface area (Å²) in [5.74, 6) is 0.332. The SMILES string of the molecule is Cc1nn(C)c(C)c1CNC(=O)[C@H](N)CC(C)C. The minimum atomic E-state index is -0.428. The number of aryl methyl sites for hydroxylation is 2. The van der Waals surface area contributed by atoms with E-state index in [-0.39, 0.29) is 5.91 Å². The van der Waals surface area contributed by atoms with E-state index in [4.69, 9.17) is 5.73 Å². The minimum Gasteiger partial charge on any atom is -0.351 e. The van der Waals surface area contributed by atoms with Gasteiger partial charge >= 0.3 is 0 Å². The molecule has 0 unspecified atom stereocenters. The van der Waals surface area contributed by atoms with Crippen LogP contribution in [0.5, 0.6) is 0 Å². The summed E-state index contributed by atoms with van der Waals surface area (Å²) >= 11 is 0. The van der Waals surface area contributed by atoms with Gasteiger partial charge in [0.05, 0.1) is 11.7 Å². The fraction of sp³-hybridized carbons (Fsp3) is 0.692. The molecule has 0 radical (unpaired) electrons. The summed E-state index contributed by atoms with van der Waals surface area (Å²) in [6.07, 6.45) is 0.705. The van der Waals surface area contributed by atoms with Crippen LogP contribution in [0.4, 0.5) is 0 Å². The van der Waals surface area contributed by atoms with Crippen molar-refractivity contribution in [3.8, 4) is 0 Å². The van der Waals surface area contributed by atoms with Crippen molar-refractivity contribution in [2.75, 3.05) is 0 Å². The molecule has 3 N–H and O–H groups in total. The van der Waals surface area contributed by atoms with E-state index in [2.05, 4.69) is 24.3 Å². The van der Waals surface area contributed by atoms with Crippen molar-refractivity contribution in [2.45, 2.75) is 46.7 Å². The average Bonchev–Trinajstić information content (AvgIpc) is 2.49. The first-order valence-electron chi connectivity index (χ1n) is 6.35. The van der Waals surface area contributed by atoms with Crippen molar-refractivity contribution < 1.29 is 4.79 Å². The number of hydrogen-bond donors (Lipinski definition) is 2. The first-order chi connectivity index (χ1) is 8.32. The van der Waals surface area contributed by atoms with E-state index in [0.29, 0.717) is 18.9 Å². The molecular weight excluding hydrogens is 228 g/mol. The molecule has 0 saturated heterocycles. The van der Waals surface area contributed by atoms with E-state index in [9.17, 15) is 4.79 Å². The molecule has 102 valence electrons. The number of nitrogens with zero attached hydrogens (tertiary/aromatic N) is 2. The Morgan fingerprint density at radius 1 is 1.44 bits per heavy atom. The van der Waals surface area contributed by atoms with Crippen LogP contribution in [-0.4, -0.2) is 21.7 Å². The topological polar surface area (TPSA) is 72.9 Å². The second kappa shape index (κ2) is 6.00. The van der Waals surface area contributed by atoms with Gasteiger partial charge in [-0.15, -0.1) is 0 Å². The van der Waals surface area contributed by atoms with Crippen LogP contribution in [0, 0.1) is 19.8 Å². The second-order valence-corrected chi connectivity index (χ2v) is 5.23. The van der Waals surface area contributed by atoms with E-state index in [1.165, 1.54) is 0 Å². The molecule has 0 fully saturated rings. The predicted octanol–water partition coefficient (Wildman–Crippen LogP) is 1.03. The molecule has 1 aromatic heterocycles. The van der Waals surface area contributed by atoms with Crippen molar-refractivity contribution >= 4 is 5.91 Å². The second-order valence-electron chi connectivity index (χ2n) is 5.23. The van der Waals surface area contributed by atoms with E-state index in [0.717, 1.165) is 17.0 Å². The maximum atomic E-state index is 11.8. The van der Waals surface area contributed by atoms with Crippen LogP contribution in [0.25, 0.3) is 0 Å². The number of rotatable bonds is 5. The molecule has 0 spiro atoms. The monoisotopic (exact) mass is 252 g/mol. The van der Waals surface area contributed by atoms with E-state index in [1.54, 1.807) is 0 Å². The van der Waals surface area contributed by atoms with Crippen molar-refractivity contribution in [3.63, 3.8) is 0 Å². The molecule has 1 rings (SSSR count). The van der Waals surface area contributed by atoms with Crippen LogP contribution in [0.15, 0.2) is 0 Å². The summed E-state index contributed by atoms with van der Waals surface area (Å²) < 4.78 is 1.82. The molecule has 0 aliphatic heterocycles. The van der Waals surface area contributed by atoms with Crippen LogP contribution >= 0.6 is 0 Å². The number of carbonyl (C=O) groups excluding carboxylic acids is 1. The van der Waals surface area contributed by atoms with Crippen molar-refractivity contribution in [2.24, 2.45) is 18.7 Å². The van der Waals surface area contributed by atoms with Crippen LogP contribution in [0.1, 0.15) is 37.2 Å². The highest BCUT2D eigenvalue weighted by Crippen LogP contribution is 2.11. The van der Waals surface area contributed by atoms with Gasteiger partial charge in [-0.3, -0.25) is 9.48 Å². The van der Waals surface area contributed by atoms with Gasteiger partial charge in [-0.25, -0.2) is 0 Å². The summed E-state index contributed by atoms with van der Waals surface area (Å²) in [4.78, 5) is 11.8. The highest BCUT2D eigenvalue weighted by molar-refractivity contribution is 5.81. The fourth-order valence-corrected chi connectivity index (χ4v) is 1.99. The smallest absolute Gasteiger partial charge is 0.237 e. The fourth-order valence-electron chi connectivity index (χ4n) is 1.99. The Morgan fingerprint density at radius 3 is 2.50 bits per heavy atom. The Hall–Kier alpha value is -1.36. The molecular formula is C13H24N4O. The van der Waals surface area contributed by atoms with Gasteiger partial charge in [0.15, 0.2) is 0 Å². The van der Waals surface area contributed by atoms with Crippen molar-refractivity contribution in [1.29, 1.82) is 0 Å².